The quantitative estimate of drug-likeness (QED) is 0.505. The second-order valence-electron chi connectivity index (χ2n) is 7.72. The van der Waals surface area contributed by atoms with Crippen molar-refractivity contribution in [2.24, 2.45) is 0 Å². The van der Waals surface area contributed by atoms with Gasteiger partial charge in [0, 0.05) is 12.6 Å². The second-order valence-corrected chi connectivity index (χ2v) is 16.1. The lowest BCUT2D eigenvalue weighted by molar-refractivity contribution is 0.209. The lowest BCUT2D eigenvalue weighted by atomic mass is 10.2. The van der Waals surface area contributed by atoms with Crippen LogP contribution in [0.3, 0.4) is 0 Å². The van der Waals surface area contributed by atoms with Crippen LogP contribution in [-0.2, 0) is 28.8 Å². The average molecular weight is 388 g/mol. The Hall–Kier alpha value is -0.00312. The average Bonchev–Trinajstić information content (AvgIpc) is 2.65. The highest BCUT2D eigenvalue weighted by Crippen LogP contribution is 2.37. The molecule has 1 fully saturated rings. The summed E-state index contributed by atoms with van der Waals surface area (Å²) < 4.78 is 58.8. The van der Waals surface area contributed by atoms with E-state index in [-0.39, 0.29) is 18.2 Å². The summed E-state index contributed by atoms with van der Waals surface area (Å²) in [4.78, 5) is 0. The SMILES string of the molecule is CC(C)(C)[Si](C)(C)OC[C@@H]1C[C@@H](OS(C)(=O)=O)CN1S(C)(=O)=O. The van der Waals surface area contributed by atoms with Gasteiger partial charge >= 0.3 is 0 Å². The fourth-order valence-corrected chi connectivity index (χ4v) is 5.04. The van der Waals surface area contributed by atoms with Gasteiger partial charge in [-0.3, -0.25) is 4.18 Å². The normalized spacial score (nSPS) is 25.0. The molecule has 1 aliphatic rings. The van der Waals surface area contributed by atoms with Crippen molar-refractivity contribution in [1.82, 2.24) is 4.31 Å². The van der Waals surface area contributed by atoms with Gasteiger partial charge in [-0.15, -0.1) is 0 Å². The summed E-state index contributed by atoms with van der Waals surface area (Å²) in [5.41, 5.74) is 0. The molecule has 23 heavy (non-hydrogen) atoms. The van der Waals surface area contributed by atoms with Crippen LogP contribution >= 0.6 is 0 Å². The number of nitrogens with zero attached hydrogens (tertiary/aromatic N) is 1. The first-order chi connectivity index (χ1) is 10.0. The first-order valence-electron chi connectivity index (χ1n) is 7.52. The minimum absolute atomic E-state index is 0.0180. The molecule has 0 unspecified atom stereocenters. The number of hydrogen-bond donors (Lipinski definition) is 0. The Labute approximate surface area is 141 Å². The number of hydrogen-bond acceptors (Lipinski definition) is 6. The Morgan fingerprint density at radius 3 is 2.04 bits per heavy atom. The van der Waals surface area contributed by atoms with Crippen molar-refractivity contribution in [3.05, 3.63) is 0 Å². The molecule has 0 N–H and O–H groups in total. The maximum atomic E-state index is 12.0. The summed E-state index contributed by atoms with van der Waals surface area (Å²) in [5, 5.41) is 0.0180. The van der Waals surface area contributed by atoms with Gasteiger partial charge in [0.05, 0.1) is 25.2 Å². The van der Waals surface area contributed by atoms with Gasteiger partial charge in [-0.05, 0) is 24.6 Å². The van der Waals surface area contributed by atoms with Gasteiger partial charge < -0.3 is 4.43 Å². The van der Waals surface area contributed by atoms with Gasteiger partial charge in [-0.2, -0.15) is 12.7 Å². The largest absolute Gasteiger partial charge is 0.415 e. The highest BCUT2D eigenvalue weighted by molar-refractivity contribution is 7.88. The van der Waals surface area contributed by atoms with Crippen LogP contribution in [0.4, 0.5) is 0 Å². The Bertz CT molecular complexity index is 623. The van der Waals surface area contributed by atoms with E-state index in [1.165, 1.54) is 4.31 Å². The zero-order valence-electron chi connectivity index (χ0n) is 15.0. The van der Waals surface area contributed by atoms with Crippen LogP contribution < -0.4 is 0 Å². The Morgan fingerprint density at radius 1 is 1.13 bits per heavy atom. The summed E-state index contributed by atoms with van der Waals surface area (Å²) in [6.07, 6.45) is 1.74. The fourth-order valence-electron chi connectivity index (χ4n) is 2.24. The molecule has 0 saturated carbocycles. The van der Waals surface area contributed by atoms with Gasteiger partial charge in [-0.1, -0.05) is 20.8 Å². The topological polar surface area (TPSA) is 90.0 Å². The van der Waals surface area contributed by atoms with E-state index in [9.17, 15) is 16.8 Å². The van der Waals surface area contributed by atoms with Crippen LogP contribution in [0, 0.1) is 0 Å². The third kappa shape index (κ3) is 6.09. The first kappa shape index (κ1) is 21.0. The lowest BCUT2D eigenvalue weighted by Gasteiger charge is -2.37. The molecule has 1 aliphatic heterocycles. The molecule has 138 valence electrons. The van der Waals surface area contributed by atoms with Gasteiger partial charge in [-0.25, -0.2) is 8.42 Å². The lowest BCUT2D eigenvalue weighted by Crippen LogP contribution is -2.45. The van der Waals surface area contributed by atoms with Gasteiger partial charge in [0.2, 0.25) is 10.0 Å². The summed E-state index contributed by atoms with van der Waals surface area (Å²) in [6, 6.07) is -0.397. The van der Waals surface area contributed by atoms with Gasteiger partial charge in [0.15, 0.2) is 8.32 Å². The van der Waals surface area contributed by atoms with Gasteiger partial charge in [0.25, 0.3) is 10.1 Å². The fraction of sp³-hybridized carbons (Fsp3) is 1.00. The molecule has 0 aromatic rings. The van der Waals surface area contributed by atoms with Crippen molar-refractivity contribution >= 4 is 28.5 Å². The number of sulfonamides is 1. The van der Waals surface area contributed by atoms with Crippen molar-refractivity contribution in [2.75, 3.05) is 25.7 Å². The molecule has 0 amide bonds. The van der Waals surface area contributed by atoms with Crippen LogP contribution in [0.5, 0.6) is 0 Å². The smallest absolute Gasteiger partial charge is 0.264 e. The zero-order chi connectivity index (χ0) is 18.3. The Kier molecular flexibility index (Phi) is 6.14. The third-order valence-electron chi connectivity index (χ3n) is 4.51. The van der Waals surface area contributed by atoms with E-state index in [2.05, 4.69) is 33.9 Å². The molecule has 2 atom stereocenters. The summed E-state index contributed by atoms with van der Waals surface area (Å²) in [5.74, 6) is 0. The molecule has 0 aliphatic carbocycles. The van der Waals surface area contributed by atoms with Crippen LogP contribution in [0.15, 0.2) is 0 Å². The van der Waals surface area contributed by atoms with Crippen molar-refractivity contribution in [3.8, 4) is 0 Å². The molecule has 0 spiro atoms. The summed E-state index contributed by atoms with van der Waals surface area (Å²) >= 11 is 0. The Morgan fingerprint density at radius 2 is 1.65 bits per heavy atom. The molecule has 0 bridgehead atoms. The minimum atomic E-state index is -3.62. The standard InChI is InChI=1S/C13H29NO6S2Si/c1-13(2,3)23(6,7)19-10-11-8-12(20-22(5,17)18)9-14(11)21(4,15)16/h11-12H,8-10H2,1-7H3/t11-,12+/m0/s1. The summed E-state index contributed by atoms with van der Waals surface area (Å²) in [7, 11) is -9.08. The van der Waals surface area contributed by atoms with E-state index in [1.807, 2.05) is 0 Å². The molecule has 1 rings (SSSR count). The molecule has 1 heterocycles. The zero-order valence-corrected chi connectivity index (χ0v) is 17.6. The highest BCUT2D eigenvalue weighted by Gasteiger charge is 2.43. The van der Waals surface area contributed by atoms with E-state index in [0.717, 1.165) is 12.5 Å². The van der Waals surface area contributed by atoms with Crippen LogP contribution in [-0.4, -0.2) is 67.3 Å². The molecular weight excluding hydrogens is 358 g/mol. The van der Waals surface area contributed by atoms with Crippen LogP contribution in [0.1, 0.15) is 27.2 Å². The molecule has 0 aromatic carbocycles. The van der Waals surface area contributed by atoms with E-state index < -0.39 is 40.6 Å². The van der Waals surface area contributed by atoms with E-state index in [0.29, 0.717) is 6.42 Å². The molecule has 10 heteroatoms. The summed E-state index contributed by atoms with van der Waals surface area (Å²) in [6.45, 7) is 10.8. The molecule has 0 aromatic heterocycles. The van der Waals surface area contributed by atoms with E-state index in [1.54, 1.807) is 0 Å². The minimum Gasteiger partial charge on any atom is -0.415 e. The third-order valence-corrected chi connectivity index (χ3v) is 10.9. The van der Waals surface area contributed by atoms with Crippen molar-refractivity contribution in [2.45, 2.75) is 57.5 Å². The van der Waals surface area contributed by atoms with Crippen molar-refractivity contribution < 1.29 is 25.4 Å². The van der Waals surface area contributed by atoms with E-state index in [4.69, 9.17) is 8.61 Å². The van der Waals surface area contributed by atoms with Crippen LogP contribution in [0.2, 0.25) is 18.1 Å². The first-order valence-corrected chi connectivity index (χ1v) is 14.1. The second kappa shape index (κ2) is 6.72. The predicted octanol–water partition coefficient (Wildman–Crippen LogP) is 1.39. The van der Waals surface area contributed by atoms with Crippen LogP contribution in [0.25, 0.3) is 0 Å². The predicted molar refractivity (Wildman–Crippen MR) is 92.8 cm³/mol. The van der Waals surface area contributed by atoms with Crippen molar-refractivity contribution in [1.29, 1.82) is 0 Å². The molecule has 0 radical (unpaired) electrons. The molecular formula is C13H29NO6S2Si. The maximum Gasteiger partial charge on any atom is 0.264 e. The monoisotopic (exact) mass is 387 g/mol. The van der Waals surface area contributed by atoms with Crippen molar-refractivity contribution in [3.63, 3.8) is 0 Å². The Balaban J connectivity index is 2.86. The van der Waals surface area contributed by atoms with Gasteiger partial charge in [0.1, 0.15) is 0 Å². The molecule has 1 saturated heterocycles. The highest BCUT2D eigenvalue weighted by atomic mass is 32.2. The molecule has 7 nitrogen and oxygen atoms in total. The number of rotatable bonds is 6. The maximum absolute atomic E-state index is 12.0. The van der Waals surface area contributed by atoms with E-state index >= 15 is 0 Å².